The number of benzene rings is 2. The molecular formula is C20H18N2O4S2. The summed E-state index contributed by atoms with van der Waals surface area (Å²) in [5.74, 6) is 2.70. The van der Waals surface area contributed by atoms with E-state index in [0.29, 0.717) is 15.3 Å². The van der Waals surface area contributed by atoms with Crippen molar-refractivity contribution in [2.75, 3.05) is 12.9 Å². The van der Waals surface area contributed by atoms with Gasteiger partial charge in [-0.05, 0) is 36.8 Å². The minimum absolute atomic E-state index is 0.204. The average molecular weight is 415 g/mol. The van der Waals surface area contributed by atoms with Crippen molar-refractivity contribution in [3.05, 3.63) is 52.8 Å². The van der Waals surface area contributed by atoms with Gasteiger partial charge in [0, 0.05) is 6.26 Å². The second kappa shape index (κ2) is 8.00. The number of sulfone groups is 1. The van der Waals surface area contributed by atoms with E-state index >= 15 is 0 Å². The van der Waals surface area contributed by atoms with Crippen LogP contribution < -0.4 is 9.54 Å². The van der Waals surface area contributed by atoms with Crippen molar-refractivity contribution in [1.29, 1.82) is 0 Å². The van der Waals surface area contributed by atoms with Gasteiger partial charge in [-0.3, -0.25) is 4.79 Å². The lowest BCUT2D eigenvalue weighted by Crippen LogP contribution is -2.19. The molecule has 28 heavy (non-hydrogen) atoms. The predicted molar refractivity (Wildman–Crippen MR) is 109 cm³/mol. The summed E-state index contributed by atoms with van der Waals surface area (Å²) in [6, 6.07) is 12.2. The van der Waals surface area contributed by atoms with Gasteiger partial charge in [-0.15, -0.1) is 6.42 Å². The van der Waals surface area contributed by atoms with Crippen molar-refractivity contribution in [3.63, 3.8) is 0 Å². The van der Waals surface area contributed by atoms with Crippen LogP contribution in [0.1, 0.15) is 5.56 Å². The highest BCUT2D eigenvalue weighted by atomic mass is 32.2. The van der Waals surface area contributed by atoms with E-state index in [1.807, 2.05) is 25.1 Å². The number of carbonyl (C=O) groups is 1. The number of fused-ring (bicyclic) bond motifs is 1. The third-order valence-electron chi connectivity index (χ3n) is 4.00. The Morgan fingerprint density at radius 1 is 1.29 bits per heavy atom. The molecule has 3 rings (SSSR count). The zero-order valence-electron chi connectivity index (χ0n) is 15.4. The van der Waals surface area contributed by atoms with Gasteiger partial charge >= 0.3 is 0 Å². The van der Waals surface area contributed by atoms with Crippen LogP contribution in [-0.2, 0) is 21.2 Å². The Morgan fingerprint density at radius 2 is 2.04 bits per heavy atom. The number of hydrogen-bond acceptors (Lipinski definition) is 5. The summed E-state index contributed by atoms with van der Waals surface area (Å²) in [7, 11) is -3.34. The van der Waals surface area contributed by atoms with Crippen molar-refractivity contribution in [2.24, 2.45) is 4.99 Å². The Labute approximate surface area is 167 Å². The molecule has 0 unspecified atom stereocenters. The first-order chi connectivity index (χ1) is 13.3. The topological polar surface area (TPSA) is 77.7 Å². The normalized spacial score (nSPS) is 12.1. The second-order valence-corrected chi connectivity index (χ2v) is 9.16. The molecule has 0 aliphatic rings. The molecular weight excluding hydrogens is 396 g/mol. The first kappa shape index (κ1) is 19.9. The van der Waals surface area contributed by atoms with E-state index < -0.39 is 15.7 Å². The maximum atomic E-state index is 12.3. The summed E-state index contributed by atoms with van der Waals surface area (Å²) in [5, 5.41) is 0. The summed E-state index contributed by atoms with van der Waals surface area (Å²) in [5.41, 5.74) is 1.65. The number of aromatic nitrogens is 1. The van der Waals surface area contributed by atoms with Crippen LogP contribution in [-0.4, -0.2) is 31.8 Å². The zero-order valence-corrected chi connectivity index (χ0v) is 17.0. The van der Waals surface area contributed by atoms with Gasteiger partial charge in [-0.25, -0.2) is 8.42 Å². The molecule has 3 aromatic rings. The highest BCUT2D eigenvalue weighted by Crippen LogP contribution is 2.22. The lowest BCUT2D eigenvalue weighted by atomic mass is 10.2. The quantitative estimate of drug-likeness (QED) is 0.601. The van der Waals surface area contributed by atoms with Gasteiger partial charge in [0.25, 0.3) is 5.91 Å². The van der Waals surface area contributed by atoms with Gasteiger partial charge in [0.05, 0.1) is 21.7 Å². The van der Waals surface area contributed by atoms with E-state index in [1.165, 1.54) is 17.4 Å². The molecule has 2 aromatic carbocycles. The monoisotopic (exact) mass is 414 g/mol. The molecule has 0 aliphatic carbocycles. The summed E-state index contributed by atoms with van der Waals surface area (Å²) in [6.45, 7) is 1.90. The molecule has 0 atom stereocenters. The Morgan fingerprint density at radius 3 is 2.71 bits per heavy atom. The van der Waals surface area contributed by atoms with Crippen LogP contribution in [0, 0.1) is 19.3 Å². The van der Waals surface area contributed by atoms with Crippen molar-refractivity contribution in [3.8, 4) is 18.1 Å². The number of hydrogen-bond donors (Lipinski definition) is 0. The fourth-order valence-corrected chi connectivity index (χ4v) is 4.42. The molecule has 8 heteroatoms. The standard InChI is InChI=1S/C20H18N2O4S2/c1-4-11-22-16-10-9-15(28(3,24)25)12-18(16)27-20(22)21-19(23)13-26-17-8-6-5-7-14(17)2/h1,5-10,12H,11,13H2,2-3H3. The van der Waals surface area contributed by atoms with Gasteiger partial charge in [-0.1, -0.05) is 35.5 Å². The van der Waals surface area contributed by atoms with Crippen molar-refractivity contribution >= 4 is 37.3 Å². The van der Waals surface area contributed by atoms with Gasteiger partial charge in [0.2, 0.25) is 0 Å². The van der Waals surface area contributed by atoms with E-state index in [4.69, 9.17) is 11.2 Å². The van der Waals surface area contributed by atoms with Gasteiger partial charge in [0.15, 0.2) is 21.2 Å². The van der Waals surface area contributed by atoms with Gasteiger partial charge in [0.1, 0.15) is 5.75 Å². The highest BCUT2D eigenvalue weighted by Gasteiger charge is 2.13. The molecule has 0 spiro atoms. The lowest BCUT2D eigenvalue weighted by Gasteiger charge is -2.06. The van der Waals surface area contributed by atoms with E-state index in [-0.39, 0.29) is 18.0 Å². The van der Waals surface area contributed by atoms with Crippen LogP contribution in [0.5, 0.6) is 5.75 Å². The fourth-order valence-electron chi connectivity index (χ4n) is 2.61. The number of aryl methyl sites for hydroxylation is 1. The van der Waals surface area contributed by atoms with Crippen molar-refractivity contribution in [1.82, 2.24) is 4.57 Å². The van der Waals surface area contributed by atoms with Crippen molar-refractivity contribution in [2.45, 2.75) is 18.4 Å². The van der Waals surface area contributed by atoms with Gasteiger partial charge < -0.3 is 9.30 Å². The molecule has 0 aliphatic heterocycles. The molecule has 144 valence electrons. The van der Waals surface area contributed by atoms with E-state index in [9.17, 15) is 13.2 Å². The highest BCUT2D eigenvalue weighted by molar-refractivity contribution is 7.90. The number of ether oxygens (including phenoxy) is 1. The largest absolute Gasteiger partial charge is 0.483 e. The molecule has 6 nitrogen and oxygen atoms in total. The van der Waals surface area contributed by atoms with Crippen LogP contribution in [0.4, 0.5) is 0 Å². The average Bonchev–Trinajstić information content (AvgIpc) is 2.97. The molecule has 0 saturated carbocycles. The molecule has 0 bridgehead atoms. The number of carbonyl (C=O) groups excluding carboxylic acids is 1. The Bertz CT molecular complexity index is 1260. The number of nitrogens with zero attached hydrogens (tertiary/aromatic N) is 2. The van der Waals surface area contributed by atoms with Crippen LogP contribution in [0.2, 0.25) is 0 Å². The Hall–Kier alpha value is -2.89. The molecule has 0 radical (unpaired) electrons. The first-order valence-electron chi connectivity index (χ1n) is 8.32. The summed E-state index contributed by atoms with van der Waals surface area (Å²) in [4.78, 5) is 17.0. The van der Waals surface area contributed by atoms with Crippen molar-refractivity contribution < 1.29 is 17.9 Å². The summed E-state index contributed by atoms with van der Waals surface area (Å²) >= 11 is 1.21. The minimum Gasteiger partial charge on any atom is -0.483 e. The molecule has 0 fully saturated rings. The SMILES string of the molecule is C#CCn1c(=NC(=O)COc2ccccc2C)sc2cc(S(C)(=O)=O)ccc21. The van der Waals surface area contributed by atoms with E-state index in [2.05, 4.69) is 10.9 Å². The number of amides is 1. The zero-order chi connectivity index (χ0) is 20.3. The molecule has 0 N–H and O–H groups in total. The van der Waals surface area contributed by atoms with Crippen LogP contribution in [0.15, 0.2) is 52.4 Å². The maximum absolute atomic E-state index is 12.3. The molecule has 1 amide bonds. The number of thiazole rings is 1. The van der Waals surface area contributed by atoms with E-state index in [1.54, 1.807) is 22.8 Å². The first-order valence-corrected chi connectivity index (χ1v) is 11.0. The van der Waals surface area contributed by atoms with Crippen LogP contribution in [0.3, 0.4) is 0 Å². The van der Waals surface area contributed by atoms with Crippen LogP contribution >= 0.6 is 11.3 Å². The smallest absolute Gasteiger partial charge is 0.286 e. The third-order valence-corrected chi connectivity index (χ3v) is 6.15. The number of terminal acetylenes is 1. The molecule has 1 aromatic heterocycles. The molecule has 1 heterocycles. The van der Waals surface area contributed by atoms with Crippen LogP contribution in [0.25, 0.3) is 10.2 Å². The number of para-hydroxylation sites is 1. The molecule has 0 saturated heterocycles. The summed E-state index contributed by atoms with van der Waals surface area (Å²) in [6.07, 6.45) is 6.60. The Kier molecular flexibility index (Phi) is 5.68. The third kappa shape index (κ3) is 4.32. The van der Waals surface area contributed by atoms with E-state index in [0.717, 1.165) is 17.3 Å². The maximum Gasteiger partial charge on any atom is 0.286 e. The number of rotatable bonds is 5. The predicted octanol–water partition coefficient (Wildman–Crippen LogP) is 2.55. The van der Waals surface area contributed by atoms with Gasteiger partial charge in [-0.2, -0.15) is 4.99 Å². The summed E-state index contributed by atoms with van der Waals surface area (Å²) < 4.78 is 31.5. The second-order valence-electron chi connectivity index (χ2n) is 6.14. The fraction of sp³-hybridized carbons (Fsp3) is 0.200. The lowest BCUT2D eigenvalue weighted by molar-refractivity contribution is -0.120. The Balaban J connectivity index is 1.96. The minimum atomic E-state index is -3.34.